The van der Waals surface area contributed by atoms with Gasteiger partial charge in [0.2, 0.25) is 5.82 Å². The van der Waals surface area contributed by atoms with Crippen LogP contribution in [-0.2, 0) is 11.5 Å². The van der Waals surface area contributed by atoms with Crippen molar-refractivity contribution in [3.05, 3.63) is 108 Å². The Morgan fingerprint density at radius 1 is 1.22 bits per heavy atom. The van der Waals surface area contributed by atoms with E-state index in [2.05, 4.69) is 51.3 Å². The first-order chi connectivity index (χ1) is 17.6. The maximum Gasteiger partial charge on any atom is 0.204 e. The quantitative estimate of drug-likeness (QED) is 0.388. The van der Waals surface area contributed by atoms with E-state index in [1.54, 1.807) is 6.08 Å². The van der Waals surface area contributed by atoms with E-state index in [1.807, 2.05) is 25.2 Å². The van der Waals surface area contributed by atoms with Gasteiger partial charge < -0.3 is 4.74 Å². The number of rotatable bonds is 10. The molecule has 2 aromatic rings. The predicted octanol–water partition coefficient (Wildman–Crippen LogP) is 5.93. The lowest BCUT2D eigenvalue weighted by Gasteiger charge is -2.08. The first kappa shape index (κ1) is 25.3. The van der Waals surface area contributed by atoms with Gasteiger partial charge in [0.25, 0.3) is 0 Å². The summed E-state index contributed by atoms with van der Waals surface area (Å²) < 4.78 is 33.7. The Balaban J connectivity index is 1.39. The summed E-state index contributed by atoms with van der Waals surface area (Å²) in [7, 11) is 0. The van der Waals surface area contributed by atoms with Gasteiger partial charge in [-0.1, -0.05) is 61.3 Å². The highest BCUT2D eigenvalue weighted by Gasteiger charge is 2.24. The molecule has 1 aromatic heterocycles. The third-order valence-corrected chi connectivity index (χ3v) is 5.89. The third kappa shape index (κ3) is 6.26. The van der Waals surface area contributed by atoms with Gasteiger partial charge in [-0.15, -0.1) is 15.0 Å². The SMILES string of the molecule is C=C/C=C(\C=C/CC1=CCC=C(c2nnn(COCC)n2)C=C1)C1CCC(c2c(F)cccc2F)=N1. The van der Waals surface area contributed by atoms with Gasteiger partial charge in [0.15, 0.2) is 6.73 Å². The first-order valence-corrected chi connectivity index (χ1v) is 12.0. The molecule has 0 saturated carbocycles. The third-order valence-electron chi connectivity index (χ3n) is 5.89. The number of hydrogen-bond donors (Lipinski definition) is 0. The minimum absolute atomic E-state index is 0.0219. The molecule has 0 saturated heterocycles. The monoisotopic (exact) mass is 489 g/mol. The lowest BCUT2D eigenvalue weighted by molar-refractivity contribution is 0.0678. The molecular formula is C28H29F2N5O. The van der Waals surface area contributed by atoms with Crippen LogP contribution in [0, 0.1) is 11.6 Å². The molecule has 1 aliphatic heterocycles. The number of ether oxygens (including phenoxy) is 1. The van der Waals surface area contributed by atoms with Gasteiger partial charge in [0.1, 0.15) is 11.6 Å². The van der Waals surface area contributed by atoms with Crippen molar-refractivity contribution < 1.29 is 13.5 Å². The molecule has 2 heterocycles. The fraction of sp³-hybridized carbons (Fsp3) is 0.286. The van der Waals surface area contributed by atoms with Crippen LogP contribution in [0.1, 0.15) is 44.0 Å². The zero-order valence-corrected chi connectivity index (χ0v) is 20.3. The molecule has 1 atom stereocenters. The van der Waals surface area contributed by atoms with Crippen molar-refractivity contribution in [2.24, 2.45) is 4.99 Å². The standard InChI is InChI=1S/C28H29F2N5O/c1-3-8-21(25-17-18-26(31-25)27-23(29)13-7-14-24(27)30)11-5-9-20-10-6-12-22(16-15-20)28-32-34-35(33-28)19-36-4-2/h3,5,7-8,10-16,25H,1,4,6,9,17-19H2,2H3/b11-5-,21-8+. The smallest absolute Gasteiger partial charge is 0.204 e. The van der Waals surface area contributed by atoms with Crippen molar-refractivity contribution in [3.8, 4) is 0 Å². The molecule has 6 nitrogen and oxygen atoms in total. The van der Waals surface area contributed by atoms with Crippen molar-refractivity contribution in [1.82, 2.24) is 20.2 Å². The van der Waals surface area contributed by atoms with Crippen molar-refractivity contribution in [3.63, 3.8) is 0 Å². The maximum absolute atomic E-state index is 14.2. The van der Waals surface area contributed by atoms with Crippen molar-refractivity contribution in [2.45, 2.75) is 45.4 Å². The van der Waals surface area contributed by atoms with Crippen molar-refractivity contribution in [2.75, 3.05) is 6.61 Å². The molecule has 0 fully saturated rings. The number of aliphatic imine (C=N–C) groups is 1. The summed E-state index contributed by atoms with van der Waals surface area (Å²) in [6.07, 6.45) is 18.7. The average Bonchev–Trinajstić information content (AvgIpc) is 3.48. The molecule has 0 radical (unpaired) electrons. The van der Waals surface area contributed by atoms with Crippen LogP contribution in [0.3, 0.4) is 0 Å². The molecule has 36 heavy (non-hydrogen) atoms. The first-order valence-electron chi connectivity index (χ1n) is 12.0. The van der Waals surface area contributed by atoms with Gasteiger partial charge in [0, 0.05) is 17.9 Å². The number of tetrazole rings is 1. The highest BCUT2D eigenvalue weighted by atomic mass is 19.1. The Morgan fingerprint density at radius 2 is 2.06 bits per heavy atom. The molecule has 2 aliphatic rings. The average molecular weight is 490 g/mol. The van der Waals surface area contributed by atoms with Crippen LogP contribution in [0.15, 0.2) is 89.5 Å². The highest BCUT2D eigenvalue weighted by molar-refractivity contribution is 6.02. The van der Waals surface area contributed by atoms with Gasteiger partial charge >= 0.3 is 0 Å². The topological polar surface area (TPSA) is 65.2 Å². The summed E-state index contributed by atoms with van der Waals surface area (Å²) in [4.78, 5) is 6.08. The number of hydrogen-bond acceptors (Lipinski definition) is 5. The van der Waals surface area contributed by atoms with Gasteiger partial charge in [0.05, 0.1) is 11.6 Å². The zero-order chi connectivity index (χ0) is 25.3. The summed E-state index contributed by atoms with van der Waals surface area (Å²) in [5, 5.41) is 12.5. The zero-order valence-electron chi connectivity index (χ0n) is 20.3. The van der Waals surface area contributed by atoms with Crippen LogP contribution >= 0.6 is 0 Å². The van der Waals surface area contributed by atoms with Crippen LogP contribution in [0.5, 0.6) is 0 Å². The largest absolute Gasteiger partial charge is 0.358 e. The summed E-state index contributed by atoms with van der Waals surface area (Å²) in [5.74, 6) is -0.592. The highest BCUT2D eigenvalue weighted by Crippen LogP contribution is 2.27. The van der Waals surface area contributed by atoms with Gasteiger partial charge in [-0.3, -0.25) is 4.99 Å². The molecule has 0 spiro atoms. The normalized spacial score (nSPS) is 18.2. The Kier molecular flexibility index (Phi) is 8.62. The molecule has 0 N–H and O–H groups in total. The molecule has 4 rings (SSSR count). The summed E-state index contributed by atoms with van der Waals surface area (Å²) in [6.45, 7) is 6.58. The second-order valence-electron chi connectivity index (χ2n) is 8.35. The predicted molar refractivity (Wildman–Crippen MR) is 137 cm³/mol. The lowest BCUT2D eigenvalue weighted by Crippen LogP contribution is -2.06. The molecular weight excluding hydrogens is 460 g/mol. The van der Waals surface area contributed by atoms with E-state index in [0.717, 1.165) is 29.6 Å². The minimum atomic E-state index is -0.578. The van der Waals surface area contributed by atoms with Gasteiger partial charge in [-0.25, -0.2) is 8.78 Å². The van der Waals surface area contributed by atoms with E-state index in [-0.39, 0.29) is 18.3 Å². The Bertz CT molecular complexity index is 1260. The molecule has 1 aromatic carbocycles. The molecule has 186 valence electrons. The van der Waals surface area contributed by atoms with E-state index in [4.69, 9.17) is 4.74 Å². The summed E-state index contributed by atoms with van der Waals surface area (Å²) in [5.41, 5.74) is 3.48. The summed E-state index contributed by atoms with van der Waals surface area (Å²) >= 11 is 0. The van der Waals surface area contributed by atoms with Crippen LogP contribution in [0.4, 0.5) is 8.78 Å². The molecule has 1 aliphatic carbocycles. The van der Waals surface area contributed by atoms with Crippen LogP contribution < -0.4 is 0 Å². The van der Waals surface area contributed by atoms with E-state index in [0.29, 0.717) is 31.0 Å². The van der Waals surface area contributed by atoms with Gasteiger partial charge in [-0.2, -0.15) is 0 Å². The second-order valence-corrected chi connectivity index (χ2v) is 8.35. The molecule has 8 heteroatoms. The Labute approximate surface area is 209 Å². The van der Waals surface area contributed by atoms with Crippen LogP contribution in [-0.4, -0.2) is 38.6 Å². The van der Waals surface area contributed by atoms with Crippen LogP contribution in [0.2, 0.25) is 0 Å². The fourth-order valence-corrected chi connectivity index (χ4v) is 4.11. The molecule has 1 unspecified atom stereocenters. The van der Waals surface area contributed by atoms with Crippen LogP contribution in [0.25, 0.3) is 5.57 Å². The Hall–Kier alpha value is -3.78. The maximum atomic E-state index is 14.2. The number of benzene rings is 1. The minimum Gasteiger partial charge on any atom is -0.358 e. The number of aromatic nitrogens is 4. The molecule has 0 bridgehead atoms. The van der Waals surface area contributed by atoms with E-state index < -0.39 is 11.6 Å². The second kappa shape index (κ2) is 12.3. The van der Waals surface area contributed by atoms with E-state index >= 15 is 0 Å². The number of nitrogens with zero attached hydrogens (tertiary/aromatic N) is 5. The fourth-order valence-electron chi connectivity index (χ4n) is 4.11. The van der Waals surface area contributed by atoms with E-state index in [1.165, 1.54) is 23.0 Å². The van der Waals surface area contributed by atoms with E-state index in [9.17, 15) is 8.78 Å². The number of halogens is 2. The van der Waals surface area contributed by atoms with Crippen molar-refractivity contribution in [1.29, 1.82) is 0 Å². The van der Waals surface area contributed by atoms with Crippen molar-refractivity contribution >= 4 is 11.3 Å². The van der Waals surface area contributed by atoms with Gasteiger partial charge in [-0.05, 0) is 61.1 Å². The lowest BCUT2D eigenvalue weighted by atomic mass is 10.0. The molecule has 0 amide bonds. The summed E-state index contributed by atoms with van der Waals surface area (Å²) in [6, 6.07) is 3.74. The Morgan fingerprint density at radius 3 is 2.83 bits per heavy atom. The number of allylic oxidation sites excluding steroid dienone is 9.